The molecule has 0 aromatic rings. The van der Waals surface area contributed by atoms with E-state index in [1.165, 1.54) is 0 Å². The first-order valence-electron chi connectivity index (χ1n) is 4.55. The molecule has 0 N–H and O–H groups in total. The highest BCUT2D eigenvalue weighted by atomic mass is 16.2. The minimum atomic E-state index is 0.223. The molecule has 0 aromatic carbocycles. The molecule has 0 spiro atoms. The lowest BCUT2D eigenvalue weighted by Gasteiger charge is -2.35. The minimum Gasteiger partial charge on any atom is -0.341 e. The summed E-state index contributed by atoms with van der Waals surface area (Å²) in [5.41, 5.74) is 0. The van der Waals surface area contributed by atoms with Gasteiger partial charge in [-0.25, -0.2) is 0 Å². The van der Waals surface area contributed by atoms with Crippen molar-refractivity contribution >= 4 is 5.91 Å². The van der Waals surface area contributed by atoms with Crippen LogP contribution in [0.2, 0.25) is 0 Å². The van der Waals surface area contributed by atoms with Gasteiger partial charge in [-0.15, -0.1) is 0 Å². The smallest absolute Gasteiger partial charge is 0.236 e. The van der Waals surface area contributed by atoms with E-state index in [0.717, 1.165) is 6.54 Å². The Labute approximate surface area is 75.3 Å². The molecule has 12 heavy (non-hydrogen) atoms. The Morgan fingerprint density at radius 2 is 1.83 bits per heavy atom. The van der Waals surface area contributed by atoms with Gasteiger partial charge in [0.1, 0.15) is 0 Å². The molecule has 1 amide bonds. The van der Waals surface area contributed by atoms with Gasteiger partial charge in [0.25, 0.3) is 0 Å². The average Bonchev–Trinajstić information content (AvgIpc) is 2.04. The van der Waals surface area contributed by atoms with Gasteiger partial charge >= 0.3 is 0 Å². The summed E-state index contributed by atoms with van der Waals surface area (Å²) in [5.74, 6) is 0.223. The number of amides is 1. The second-order valence-corrected chi connectivity index (χ2v) is 3.05. The maximum Gasteiger partial charge on any atom is 0.236 e. The molecule has 1 unspecified atom stereocenters. The fourth-order valence-electron chi connectivity index (χ4n) is 1.23. The third-order valence-electron chi connectivity index (χ3n) is 2.04. The average molecular weight is 172 g/mol. The van der Waals surface area contributed by atoms with E-state index in [2.05, 4.69) is 6.92 Å². The Balaban J connectivity index is 0.000000561. The molecule has 3 heteroatoms. The number of carbonyl (C=O) groups excluding carboxylic acids is 1. The Morgan fingerprint density at radius 3 is 2.25 bits per heavy atom. The second kappa shape index (κ2) is 5.14. The topological polar surface area (TPSA) is 23.6 Å². The molecule has 3 nitrogen and oxygen atoms in total. The molecule has 1 saturated heterocycles. The van der Waals surface area contributed by atoms with Crippen molar-refractivity contribution in [2.24, 2.45) is 0 Å². The number of nitrogens with zero attached hydrogens (tertiary/aromatic N) is 2. The number of hydrogen-bond acceptors (Lipinski definition) is 2. The van der Waals surface area contributed by atoms with Crippen molar-refractivity contribution in [1.29, 1.82) is 0 Å². The number of carbonyl (C=O) groups is 1. The van der Waals surface area contributed by atoms with Crippen LogP contribution < -0.4 is 0 Å². The number of piperazine rings is 1. The third kappa shape index (κ3) is 2.81. The van der Waals surface area contributed by atoms with Crippen LogP contribution in [0.4, 0.5) is 0 Å². The van der Waals surface area contributed by atoms with Crippen molar-refractivity contribution in [3.05, 3.63) is 0 Å². The largest absolute Gasteiger partial charge is 0.341 e. The summed E-state index contributed by atoms with van der Waals surface area (Å²) in [5, 5.41) is 0. The van der Waals surface area contributed by atoms with E-state index >= 15 is 0 Å². The highest BCUT2D eigenvalue weighted by Crippen LogP contribution is 2.05. The van der Waals surface area contributed by atoms with Crippen LogP contribution in [0, 0.1) is 0 Å². The first-order valence-corrected chi connectivity index (χ1v) is 4.55. The standard InChI is InChI=1S/C7H14N2O.C2H6/c1-6-4-8(2)5-7(10)9(6)3;1-2/h6H,4-5H2,1-3H3;1-2H3. The lowest BCUT2D eigenvalue weighted by atomic mass is 10.2. The van der Waals surface area contributed by atoms with Gasteiger partial charge in [-0.1, -0.05) is 13.8 Å². The zero-order chi connectivity index (χ0) is 9.72. The number of rotatable bonds is 0. The van der Waals surface area contributed by atoms with Gasteiger partial charge in [-0.3, -0.25) is 9.69 Å². The summed E-state index contributed by atoms with van der Waals surface area (Å²) < 4.78 is 0. The first kappa shape index (κ1) is 11.4. The molecule has 1 fully saturated rings. The minimum absolute atomic E-state index is 0.223. The van der Waals surface area contributed by atoms with Gasteiger partial charge in [0.05, 0.1) is 6.54 Å². The van der Waals surface area contributed by atoms with Gasteiger partial charge in [0.15, 0.2) is 0 Å². The molecular weight excluding hydrogens is 152 g/mol. The van der Waals surface area contributed by atoms with Gasteiger partial charge in [-0.2, -0.15) is 0 Å². The number of likely N-dealkylation sites (N-methyl/N-ethyl adjacent to an activating group) is 2. The zero-order valence-corrected chi connectivity index (χ0v) is 8.79. The number of hydrogen-bond donors (Lipinski definition) is 0. The van der Waals surface area contributed by atoms with Crippen molar-refractivity contribution in [2.75, 3.05) is 27.2 Å². The third-order valence-corrected chi connectivity index (χ3v) is 2.04. The van der Waals surface area contributed by atoms with Gasteiger partial charge in [0.2, 0.25) is 5.91 Å². The molecule has 0 bridgehead atoms. The molecular formula is C9H20N2O. The summed E-state index contributed by atoms with van der Waals surface area (Å²) >= 11 is 0. The fourth-order valence-corrected chi connectivity index (χ4v) is 1.23. The van der Waals surface area contributed by atoms with Crippen LogP contribution in [0.15, 0.2) is 0 Å². The van der Waals surface area contributed by atoms with Crippen molar-refractivity contribution < 1.29 is 4.79 Å². The van der Waals surface area contributed by atoms with Crippen LogP contribution in [-0.4, -0.2) is 48.9 Å². The van der Waals surface area contributed by atoms with E-state index in [-0.39, 0.29) is 5.91 Å². The van der Waals surface area contributed by atoms with E-state index in [0.29, 0.717) is 12.6 Å². The molecule has 1 aliphatic heterocycles. The van der Waals surface area contributed by atoms with Crippen LogP contribution in [0.5, 0.6) is 0 Å². The Hall–Kier alpha value is -0.570. The van der Waals surface area contributed by atoms with Crippen LogP contribution >= 0.6 is 0 Å². The lowest BCUT2D eigenvalue weighted by Crippen LogP contribution is -2.52. The summed E-state index contributed by atoms with van der Waals surface area (Å²) in [4.78, 5) is 15.0. The summed E-state index contributed by atoms with van der Waals surface area (Å²) in [6.07, 6.45) is 0. The molecule has 1 atom stereocenters. The van der Waals surface area contributed by atoms with Gasteiger partial charge in [0, 0.05) is 19.6 Å². The van der Waals surface area contributed by atoms with Crippen molar-refractivity contribution in [1.82, 2.24) is 9.80 Å². The van der Waals surface area contributed by atoms with E-state index < -0.39 is 0 Å². The summed E-state index contributed by atoms with van der Waals surface area (Å²) in [7, 11) is 3.83. The van der Waals surface area contributed by atoms with Gasteiger partial charge < -0.3 is 4.90 Å². The SMILES string of the molecule is CC.CC1CN(C)CC(=O)N1C. The molecule has 0 radical (unpaired) electrons. The Kier molecular flexibility index (Phi) is 4.90. The van der Waals surface area contributed by atoms with Crippen molar-refractivity contribution in [3.63, 3.8) is 0 Å². The predicted molar refractivity (Wildman–Crippen MR) is 51.1 cm³/mol. The molecule has 0 aromatic heterocycles. The normalized spacial score (nSPS) is 24.9. The maximum absolute atomic E-state index is 11.1. The highest BCUT2D eigenvalue weighted by Gasteiger charge is 2.23. The summed E-state index contributed by atoms with van der Waals surface area (Å²) in [6.45, 7) is 7.62. The van der Waals surface area contributed by atoms with Crippen LogP contribution in [0.3, 0.4) is 0 Å². The molecule has 72 valence electrons. The maximum atomic E-state index is 11.1. The second-order valence-electron chi connectivity index (χ2n) is 3.05. The first-order chi connectivity index (χ1) is 5.61. The van der Waals surface area contributed by atoms with Crippen molar-refractivity contribution in [2.45, 2.75) is 26.8 Å². The molecule has 0 saturated carbocycles. The van der Waals surface area contributed by atoms with E-state index in [1.807, 2.05) is 32.8 Å². The Morgan fingerprint density at radius 1 is 1.33 bits per heavy atom. The molecule has 1 heterocycles. The van der Waals surface area contributed by atoms with Crippen LogP contribution in [0.1, 0.15) is 20.8 Å². The quantitative estimate of drug-likeness (QED) is 0.540. The van der Waals surface area contributed by atoms with E-state index in [1.54, 1.807) is 4.90 Å². The summed E-state index contributed by atoms with van der Waals surface area (Å²) in [6, 6.07) is 0.367. The van der Waals surface area contributed by atoms with Crippen molar-refractivity contribution in [3.8, 4) is 0 Å². The van der Waals surface area contributed by atoms with E-state index in [9.17, 15) is 4.79 Å². The monoisotopic (exact) mass is 172 g/mol. The Bertz CT molecular complexity index is 147. The predicted octanol–water partition coefficient (Wildman–Crippen LogP) is 0.805. The van der Waals surface area contributed by atoms with Crippen LogP contribution in [0.25, 0.3) is 0 Å². The lowest BCUT2D eigenvalue weighted by molar-refractivity contribution is -0.136. The van der Waals surface area contributed by atoms with Gasteiger partial charge in [-0.05, 0) is 14.0 Å². The molecule has 1 aliphatic rings. The molecule has 0 aliphatic carbocycles. The highest BCUT2D eigenvalue weighted by molar-refractivity contribution is 5.79. The van der Waals surface area contributed by atoms with E-state index in [4.69, 9.17) is 0 Å². The molecule has 1 rings (SSSR count). The zero-order valence-electron chi connectivity index (χ0n) is 8.79. The fraction of sp³-hybridized carbons (Fsp3) is 0.889. The van der Waals surface area contributed by atoms with Crippen LogP contribution in [-0.2, 0) is 4.79 Å².